The Hall–Kier alpha value is -2.81. The van der Waals surface area contributed by atoms with E-state index in [0.29, 0.717) is 6.54 Å². The molecule has 9 heteroatoms. The zero-order valence-electron chi connectivity index (χ0n) is 15.6. The van der Waals surface area contributed by atoms with E-state index >= 15 is 0 Å². The lowest BCUT2D eigenvalue weighted by atomic mass is 10.1. The van der Waals surface area contributed by atoms with Crippen molar-refractivity contribution in [3.8, 4) is 5.75 Å². The highest BCUT2D eigenvalue weighted by Crippen LogP contribution is 2.18. The van der Waals surface area contributed by atoms with Crippen LogP contribution in [0.1, 0.15) is 12.8 Å². The van der Waals surface area contributed by atoms with Crippen molar-refractivity contribution in [3.63, 3.8) is 0 Å². The van der Waals surface area contributed by atoms with Gasteiger partial charge in [-0.25, -0.2) is 14.4 Å². The minimum Gasteiger partial charge on any atom is -0.490 e. The third-order valence-corrected chi connectivity index (χ3v) is 3.79. The zero-order valence-corrected chi connectivity index (χ0v) is 15.6. The number of rotatable bonds is 5. The second kappa shape index (κ2) is 11.7. The first-order valence-electron chi connectivity index (χ1n) is 8.65. The zero-order chi connectivity index (χ0) is 20.2. The number of carbonyl (C=O) groups is 3. The molecule has 0 aliphatic carbocycles. The fraction of sp³-hybridized carbons (Fsp3) is 0.500. The molecular formula is C18H27N3O6. The van der Waals surface area contributed by atoms with Crippen molar-refractivity contribution in [1.82, 2.24) is 15.1 Å². The van der Waals surface area contributed by atoms with Crippen molar-refractivity contribution >= 4 is 18.0 Å². The molecule has 0 saturated carbocycles. The SMILES string of the molecule is CN(C)CCNC(=O)N1CCC(Oc2ccccc2)CC1.O=C(O)C(=O)O. The molecule has 1 saturated heterocycles. The van der Waals surface area contributed by atoms with Gasteiger partial charge in [-0.05, 0) is 26.2 Å². The number of likely N-dealkylation sites (tertiary alicyclic amines) is 1. The number of carboxylic acid groups (broad SMARTS) is 2. The summed E-state index contributed by atoms with van der Waals surface area (Å²) in [5, 5.41) is 17.7. The van der Waals surface area contributed by atoms with Crippen LogP contribution in [0.25, 0.3) is 0 Å². The van der Waals surface area contributed by atoms with Crippen LogP contribution >= 0.6 is 0 Å². The molecular weight excluding hydrogens is 354 g/mol. The van der Waals surface area contributed by atoms with E-state index in [1.807, 2.05) is 49.3 Å². The highest BCUT2D eigenvalue weighted by atomic mass is 16.5. The van der Waals surface area contributed by atoms with Gasteiger partial charge in [-0.15, -0.1) is 0 Å². The molecule has 0 unspecified atom stereocenters. The first-order valence-corrected chi connectivity index (χ1v) is 8.65. The summed E-state index contributed by atoms with van der Waals surface area (Å²) in [7, 11) is 4.00. The monoisotopic (exact) mass is 381 g/mol. The van der Waals surface area contributed by atoms with E-state index in [1.54, 1.807) is 0 Å². The fourth-order valence-corrected chi connectivity index (χ4v) is 2.37. The maximum absolute atomic E-state index is 12.0. The molecule has 1 aliphatic heterocycles. The van der Waals surface area contributed by atoms with Gasteiger partial charge in [0, 0.05) is 39.0 Å². The van der Waals surface area contributed by atoms with Gasteiger partial charge in [0.25, 0.3) is 0 Å². The second-order valence-corrected chi connectivity index (χ2v) is 6.26. The highest BCUT2D eigenvalue weighted by molar-refractivity contribution is 6.27. The van der Waals surface area contributed by atoms with Gasteiger partial charge in [-0.2, -0.15) is 0 Å². The Morgan fingerprint density at radius 1 is 1.11 bits per heavy atom. The summed E-state index contributed by atoms with van der Waals surface area (Å²) in [6, 6.07) is 9.91. The number of para-hydroxylation sites is 1. The standard InChI is InChI=1S/C16H25N3O2.C2H2O4/c1-18(2)13-10-17-16(20)19-11-8-15(9-12-19)21-14-6-4-3-5-7-14;3-1(4)2(5)6/h3-7,15H,8-13H2,1-2H3,(H,17,20);(H,3,4)(H,5,6). The van der Waals surface area contributed by atoms with Gasteiger partial charge in [0.15, 0.2) is 0 Å². The minimum atomic E-state index is -1.82. The summed E-state index contributed by atoms with van der Waals surface area (Å²) in [6.45, 7) is 3.06. The molecule has 1 aromatic carbocycles. The Labute approximate surface area is 158 Å². The van der Waals surface area contributed by atoms with Gasteiger partial charge in [-0.3, -0.25) is 0 Å². The Morgan fingerprint density at radius 3 is 2.15 bits per heavy atom. The number of likely N-dealkylation sites (N-methyl/N-ethyl adjacent to an activating group) is 1. The molecule has 2 amide bonds. The Balaban J connectivity index is 0.000000527. The number of ether oxygens (including phenoxy) is 1. The van der Waals surface area contributed by atoms with Gasteiger partial charge >= 0.3 is 18.0 Å². The fourth-order valence-electron chi connectivity index (χ4n) is 2.37. The summed E-state index contributed by atoms with van der Waals surface area (Å²) in [6.07, 6.45) is 1.98. The summed E-state index contributed by atoms with van der Waals surface area (Å²) in [5.41, 5.74) is 0. The molecule has 0 atom stereocenters. The first-order chi connectivity index (χ1) is 12.8. The molecule has 1 aromatic rings. The lowest BCUT2D eigenvalue weighted by Crippen LogP contribution is -2.47. The van der Waals surface area contributed by atoms with Crippen LogP contribution in [0.2, 0.25) is 0 Å². The average molecular weight is 381 g/mol. The van der Waals surface area contributed by atoms with Crippen LogP contribution in [-0.2, 0) is 9.59 Å². The molecule has 0 aromatic heterocycles. The normalized spacial score (nSPS) is 14.1. The molecule has 1 heterocycles. The van der Waals surface area contributed by atoms with E-state index in [2.05, 4.69) is 10.2 Å². The van der Waals surface area contributed by atoms with Crippen LogP contribution in [0.3, 0.4) is 0 Å². The number of hydrogen-bond donors (Lipinski definition) is 3. The summed E-state index contributed by atoms with van der Waals surface area (Å²) in [5.74, 6) is -2.74. The molecule has 0 radical (unpaired) electrons. The summed E-state index contributed by atoms with van der Waals surface area (Å²) in [4.78, 5) is 34.1. The number of amides is 2. The van der Waals surface area contributed by atoms with E-state index < -0.39 is 11.9 Å². The van der Waals surface area contributed by atoms with E-state index in [4.69, 9.17) is 24.5 Å². The molecule has 3 N–H and O–H groups in total. The second-order valence-electron chi connectivity index (χ2n) is 6.26. The number of hydrogen-bond acceptors (Lipinski definition) is 5. The predicted octanol–water partition coefficient (Wildman–Crippen LogP) is 0.957. The molecule has 9 nitrogen and oxygen atoms in total. The Morgan fingerprint density at radius 2 is 1.67 bits per heavy atom. The number of nitrogens with zero attached hydrogens (tertiary/aromatic N) is 2. The van der Waals surface area contributed by atoms with Crippen molar-refractivity contribution in [2.75, 3.05) is 40.3 Å². The summed E-state index contributed by atoms with van der Waals surface area (Å²) >= 11 is 0. The third kappa shape index (κ3) is 9.45. The van der Waals surface area contributed by atoms with Crippen LogP contribution < -0.4 is 10.1 Å². The highest BCUT2D eigenvalue weighted by Gasteiger charge is 2.23. The largest absolute Gasteiger partial charge is 0.490 e. The van der Waals surface area contributed by atoms with Crippen molar-refractivity contribution in [2.24, 2.45) is 0 Å². The van der Waals surface area contributed by atoms with Crippen molar-refractivity contribution in [3.05, 3.63) is 30.3 Å². The molecule has 1 aliphatic rings. The quantitative estimate of drug-likeness (QED) is 0.650. The number of urea groups is 1. The minimum absolute atomic E-state index is 0.0370. The van der Waals surface area contributed by atoms with E-state index in [1.165, 1.54) is 0 Å². The number of carboxylic acids is 2. The third-order valence-electron chi connectivity index (χ3n) is 3.79. The van der Waals surface area contributed by atoms with Crippen molar-refractivity contribution in [1.29, 1.82) is 0 Å². The molecule has 27 heavy (non-hydrogen) atoms. The smallest absolute Gasteiger partial charge is 0.414 e. The van der Waals surface area contributed by atoms with Crippen LogP contribution in [0.4, 0.5) is 4.79 Å². The molecule has 150 valence electrons. The molecule has 0 bridgehead atoms. The van der Waals surface area contributed by atoms with Gasteiger partial charge < -0.3 is 30.1 Å². The average Bonchev–Trinajstić information content (AvgIpc) is 2.63. The number of aliphatic carboxylic acids is 2. The maximum Gasteiger partial charge on any atom is 0.414 e. The maximum atomic E-state index is 12.0. The lowest BCUT2D eigenvalue weighted by molar-refractivity contribution is -0.159. The van der Waals surface area contributed by atoms with E-state index in [9.17, 15) is 4.79 Å². The summed E-state index contributed by atoms with van der Waals surface area (Å²) < 4.78 is 5.93. The number of piperidine rings is 1. The van der Waals surface area contributed by atoms with Crippen LogP contribution in [0.15, 0.2) is 30.3 Å². The van der Waals surface area contributed by atoms with Gasteiger partial charge in [0.1, 0.15) is 11.9 Å². The molecule has 0 spiro atoms. The van der Waals surface area contributed by atoms with E-state index in [-0.39, 0.29) is 12.1 Å². The van der Waals surface area contributed by atoms with Gasteiger partial charge in [-0.1, -0.05) is 18.2 Å². The molecule has 1 fully saturated rings. The number of carbonyl (C=O) groups excluding carboxylic acids is 1. The lowest BCUT2D eigenvalue weighted by Gasteiger charge is -2.32. The van der Waals surface area contributed by atoms with Gasteiger partial charge in [0.05, 0.1) is 0 Å². The first kappa shape index (κ1) is 22.2. The van der Waals surface area contributed by atoms with Crippen molar-refractivity contribution in [2.45, 2.75) is 18.9 Å². The number of nitrogens with one attached hydrogen (secondary N) is 1. The number of benzene rings is 1. The van der Waals surface area contributed by atoms with Crippen LogP contribution in [-0.4, -0.2) is 84.4 Å². The van der Waals surface area contributed by atoms with Crippen LogP contribution in [0.5, 0.6) is 5.75 Å². The van der Waals surface area contributed by atoms with Crippen molar-refractivity contribution < 1.29 is 29.3 Å². The van der Waals surface area contributed by atoms with E-state index in [0.717, 1.165) is 38.2 Å². The topological polar surface area (TPSA) is 119 Å². The Kier molecular flexibility index (Phi) is 9.66. The van der Waals surface area contributed by atoms with Crippen LogP contribution in [0, 0.1) is 0 Å². The predicted molar refractivity (Wildman–Crippen MR) is 98.9 cm³/mol. The van der Waals surface area contributed by atoms with Gasteiger partial charge in [0.2, 0.25) is 0 Å². The Bertz CT molecular complexity index is 588. The molecule has 2 rings (SSSR count).